The molecule has 0 aliphatic rings. The van der Waals surface area contributed by atoms with Crippen LogP contribution in [0.25, 0.3) is 32.9 Å². The Labute approximate surface area is 172 Å². The molecule has 4 aromatic carbocycles. The number of hydrogen-bond acceptors (Lipinski definition) is 2. The van der Waals surface area contributed by atoms with Crippen LogP contribution in [0.3, 0.4) is 0 Å². The number of halogens is 1. The molecule has 0 unspecified atom stereocenters. The predicted octanol–water partition coefficient (Wildman–Crippen LogP) is 5.45. The molecule has 5 aromatic rings. The third-order valence-electron chi connectivity index (χ3n) is 5.26. The van der Waals surface area contributed by atoms with Crippen molar-refractivity contribution in [3.05, 3.63) is 102 Å². The Kier molecular flexibility index (Phi) is 4.48. The summed E-state index contributed by atoms with van der Waals surface area (Å²) in [6.07, 6.45) is 1.41. The van der Waals surface area contributed by atoms with Crippen molar-refractivity contribution in [2.75, 3.05) is 0 Å². The number of carbonyl (C=O) groups is 1. The standard InChI is InChI=1S/C25H18FN3O/c26-23-21(11-12-22-24(23)29-15-28-22)25(30)27-14-16-5-7-18(8-6-16)20-10-9-17-3-1-2-4-19(17)13-20/h1-13,15H,14H2,(H,27,30)(H,28,29). The van der Waals surface area contributed by atoms with Crippen molar-refractivity contribution in [3.8, 4) is 11.1 Å². The monoisotopic (exact) mass is 395 g/mol. The van der Waals surface area contributed by atoms with Gasteiger partial charge < -0.3 is 10.3 Å². The van der Waals surface area contributed by atoms with Crippen LogP contribution in [0.2, 0.25) is 0 Å². The molecule has 0 saturated carbocycles. The third-order valence-corrected chi connectivity index (χ3v) is 5.26. The number of amides is 1. The zero-order valence-corrected chi connectivity index (χ0v) is 16.0. The summed E-state index contributed by atoms with van der Waals surface area (Å²) in [5, 5.41) is 5.19. The van der Waals surface area contributed by atoms with Gasteiger partial charge in [0.2, 0.25) is 0 Å². The van der Waals surface area contributed by atoms with E-state index in [1.54, 1.807) is 6.07 Å². The van der Waals surface area contributed by atoms with E-state index >= 15 is 0 Å². The molecule has 0 aliphatic carbocycles. The summed E-state index contributed by atoms with van der Waals surface area (Å²) in [6, 6.07) is 25.8. The lowest BCUT2D eigenvalue weighted by molar-refractivity contribution is 0.0947. The van der Waals surface area contributed by atoms with E-state index in [1.807, 2.05) is 36.4 Å². The molecular weight excluding hydrogens is 377 g/mol. The Morgan fingerprint density at radius 2 is 1.67 bits per heavy atom. The molecule has 146 valence electrons. The van der Waals surface area contributed by atoms with E-state index < -0.39 is 11.7 Å². The minimum atomic E-state index is -0.613. The number of aromatic amines is 1. The van der Waals surface area contributed by atoms with E-state index in [0.717, 1.165) is 16.7 Å². The number of aromatic nitrogens is 2. The van der Waals surface area contributed by atoms with Crippen molar-refractivity contribution in [1.29, 1.82) is 0 Å². The van der Waals surface area contributed by atoms with Gasteiger partial charge in [-0.3, -0.25) is 4.79 Å². The molecule has 0 fully saturated rings. The van der Waals surface area contributed by atoms with Crippen molar-refractivity contribution in [1.82, 2.24) is 15.3 Å². The second kappa shape index (κ2) is 7.44. The molecule has 0 radical (unpaired) electrons. The van der Waals surface area contributed by atoms with Crippen molar-refractivity contribution >= 4 is 27.7 Å². The van der Waals surface area contributed by atoms with Crippen LogP contribution in [0.4, 0.5) is 4.39 Å². The first-order valence-electron chi connectivity index (χ1n) is 9.67. The van der Waals surface area contributed by atoms with Crippen molar-refractivity contribution in [3.63, 3.8) is 0 Å². The highest BCUT2D eigenvalue weighted by Crippen LogP contribution is 2.25. The highest BCUT2D eigenvalue weighted by atomic mass is 19.1. The molecule has 0 bridgehead atoms. The van der Waals surface area contributed by atoms with Gasteiger partial charge in [-0.15, -0.1) is 0 Å². The summed E-state index contributed by atoms with van der Waals surface area (Å²) in [4.78, 5) is 19.2. The average Bonchev–Trinajstić information content (AvgIpc) is 3.28. The van der Waals surface area contributed by atoms with Gasteiger partial charge in [0.15, 0.2) is 5.82 Å². The molecule has 4 nitrogen and oxygen atoms in total. The van der Waals surface area contributed by atoms with Gasteiger partial charge >= 0.3 is 0 Å². The summed E-state index contributed by atoms with van der Waals surface area (Å²) in [7, 11) is 0. The molecule has 0 atom stereocenters. The third kappa shape index (κ3) is 3.31. The van der Waals surface area contributed by atoms with E-state index in [4.69, 9.17) is 0 Å². The average molecular weight is 395 g/mol. The number of imidazole rings is 1. The van der Waals surface area contributed by atoms with Crippen molar-refractivity contribution < 1.29 is 9.18 Å². The Bertz CT molecular complexity index is 1370. The molecule has 1 heterocycles. The maximum absolute atomic E-state index is 14.5. The molecule has 1 amide bonds. The Morgan fingerprint density at radius 3 is 2.50 bits per heavy atom. The summed E-state index contributed by atoms with van der Waals surface area (Å²) in [5.74, 6) is -1.08. The van der Waals surface area contributed by atoms with Gasteiger partial charge in [0.1, 0.15) is 5.52 Å². The summed E-state index contributed by atoms with van der Waals surface area (Å²) >= 11 is 0. The second-order valence-corrected chi connectivity index (χ2v) is 7.17. The number of H-pyrrole nitrogens is 1. The molecular formula is C25H18FN3O. The topological polar surface area (TPSA) is 57.8 Å². The fourth-order valence-corrected chi connectivity index (χ4v) is 3.61. The summed E-state index contributed by atoms with van der Waals surface area (Å²) in [6.45, 7) is 0.314. The first-order chi connectivity index (χ1) is 14.7. The number of fused-ring (bicyclic) bond motifs is 2. The van der Waals surface area contributed by atoms with Gasteiger partial charge in [-0.25, -0.2) is 9.37 Å². The van der Waals surface area contributed by atoms with Gasteiger partial charge in [0, 0.05) is 6.54 Å². The van der Waals surface area contributed by atoms with E-state index in [2.05, 4.69) is 45.6 Å². The molecule has 2 N–H and O–H groups in total. The number of carbonyl (C=O) groups excluding carboxylic acids is 1. The van der Waals surface area contributed by atoms with Crippen LogP contribution in [0.5, 0.6) is 0 Å². The first kappa shape index (κ1) is 18.1. The van der Waals surface area contributed by atoms with Crippen LogP contribution in [0.15, 0.2) is 85.2 Å². The molecule has 0 aliphatic heterocycles. The Balaban J connectivity index is 1.30. The minimum absolute atomic E-state index is 0.0117. The molecule has 0 saturated heterocycles. The molecule has 30 heavy (non-hydrogen) atoms. The lowest BCUT2D eigenvalue weighted by atomic mass is 10.0. The van der Waals surface area contributed by atoms with Gasteiger partial charge in [0.25, 0.3) is 5.91 Å². The van der Waals surface area contributed by atoms with Crippen LogP contribution in [-0.2, 0) is 6.54 Å². The van der Waals surface area contributed by atoms with Gasteiger partial charge in [-0.1, -0.05) is 60.7 Å². The van der Waals surface area contributed by atoms with Gasteiger partial charge in [-0.2, -0.15) is 0 Å². The molecule has 5 rings (SSSR count). The van der Waals surface area contributed by atoms with E-state index in [9.17, 15) is 9.18 Å². The molecule has 0 spiro atoms. The number of nitrogens with zero attached hydrogens (tertiary/aromatic N) is 1. The maximum atomic E-state index is 14.5. The zero-order valence-electron chi connectivity index (χ0n) is 16.0. The van der Waals surface area contributed by atoms with E-state index in [-0.39, 0.29) is 11.1 Å². The van der Waals surface area contributed by atoms with Crippen LogP contribution in [0, 0.1) is 5.82 Å². The van der Waals surface area contributed by atoms with Crippen LogP contribution < -0.4 is 5.32 Å². The van der Waals surface area contributed by atoms with E-state index in [0.29, 0.717) is 12.1 Å². The predicted molar refractivity (Wildman–Crippen MR) is 117 cm³/mol. The smallest absolute Gasteiger partial charge is 0.254 e. The lowest BCUT2D eigenvalue weighted by Gasteiger charge is -2.08. The zero-order chi connectivity index (χ0) is 20.5. The quantitative estimate of drug-likeness (QED) is 0.425. The number of nitrogens with one attached hydrogen (secondary N) is 2. The lowest BCUT2D eigenvalue weighted by Crippen LogP contribution is -2.23. The van der Waals surface area contributed by atoms with E-state index in [1.165, 1.54) is 23.2 Å². The van der Waals surface area contributed by atoms with Crippen LogP contribution in [-0.4, -0.2) is 15.9 Å². The summed E-state index contributed by atoms with van der Waals surface area (Å²) < 4.78 is 14.5. The maximum Gasteiger partial charge on any atom is 0.254 e. The highest BCUT2D eigenvalue weighted by Gasteiger charge is 2.15. The number of hydrogen-bond donors (Lipinski definition) is 2. The largest absolute Gasteiger partial charge is 0.348 e. The van der Waals surface area contributed by atoms with Gasteiger partial charge in [-0.05, 0) is 45.7 Å². The normalized spacial score (nSPS) is 11.1. The fraction of sp³-hybridized carbons (Fsp3) is 0.0400. The first-order valence-corrected chi connectivity index (χ1v) is 9.67. The number of benzene rings is 4. The van der Waals surface area contributed by atoms with Crippen molar-refractivity contribution in [2.24, 2.45) is 0 Å². The fourth-order valence-electron chi connectivity index (χ4n) is 3.61. The SMILES string of the molecule is O=C(NCc1ccc(-c2ccc3ccccc3c2)cc1)c1ccc2[nH]cnc2c1F. The minimum Gasteiger partial charge on any atom is -0.348 e. The summed E-state index contributed by atoms with van der Waals surface area (Å²) in [5.41, 5.74) is 3.90. The van der Waals surface area contributed by atoms with Crippen LogP contribution in [0.1, 0.15) is 15.9 Å². The van der Waals surface area contributed by atoms with Crippen molar-refractivity contribution in [2.45, 2.75) is 6.54 Å². The Morgan fingerprint density at radius 1 is 0.900 bits per heavy atom. The highest BCUT2D eigenvalue weighted by molar-refractivity contribution is 5.97. The van der Waals surface area contributed by atoms with Gasteiger partial charge in [0.05, 0.1) is 17.4 Å². The van der Waals surface area contributed by atoms with Crippen LogP contribution >= 0.6 is 0 Å². The second-order valence-electron chi connectivity index (χ2n) is 7.17. The molecule has 5 heteroatoms. The number of rotatable bonds is 4. The Hall–Kier alpha value is -3.99. The molecule has 1 aromatic heterocycles.